The number of alkyl halides is 2. The number of rotatable bonds is 33. The molecule has 3 saturated carbocycles. The first-order valence-electron chi connectivity index (χ1n) is 49.8. The monoisotopic (exact) mass is 2020 g/mol. The molecule has 16 rings (SSSR count). The normalized spacial score (nSPS) is 20.4. The fraction of sp³-hybridized carbons (Fsp3) is 0.608. The van der Waals surface area contributed by atoms with Crippen molar-refractivity contribution in [3.05, 3.63) is 114 Å². The van der Waals surface area contributed by atoms with Gasteiger partial charge in [-0.1, -0.05) is 27.2 Å². The van der Waals surface area contributed by atoms with Gasteiger partial charge in [-0.3, -0.25) is 38.4 Å². The number of nitrogens with one attached hydrogen (secondary N) is 8. The van der Waals surface area contributed by atoms with E-state index in [0.29, 0.717) is 86.0 Å². The molecule has 3 aliphatic carbocycles. The van der Waals surface area contributed by atoms with Crippen molar-refractivity contribution in [1.82, 2.24) is 80.7 Å². The number of carbonyl (C=O) groups is 8. The van der Waals surface area contributed by atoms with Crippen LogP contribution in [0, 0.1) is 45.4 Å². The maximum Gasteiger partial charge on any atom is 0.280 e. The number of hydrogen-bond donors (Lipinski definition) is 12. The molecule has 8 amide bonds. The average Bonchev–Trinajstić information content (AvgIpc) is 1.59. The molecule has 10 atom stereocenters. The number of aliphatic hydroxyl groups is 4. The summed E-state index contributed by atoms with van der Waals surface area (Å²) >= 11 is 4.59. The van der Waals surface area contributed by atoms with E-state index in [1.54, 1.807) is 73.3 Å². The van der Waals surface area contributed by atoms with Crippen LogP contribution in [0.15, 0.2) is 49.1 Å². The molecule has 1 unspecified atom stereocenters. The van der Waals surface area contributed by atoms with Gasteiger partial charge in [0, 0.05) is 141 Å². The summed E-state index contributed by atoms with van der Waals surface area (Å²) in [7, 11) is 0. The van der Waals surface area contributed by atoms with E-state index in [1.807, 2.05) is 87.4 Å². The molecule has 8 aromatic rings. The number of carbonyl (C=O) groups excluding carboxylic acids is 8. The van der Waals surface area contributed by atoms with E-state index in [1.165, 1.54) is 79.0 Å². The first-order chi connectivity index (χ1) is 66.7. The van der Waals surface area contributed by atoms with E-state index in [9.17, 15) is 67.6 Å². The van der Waals surface area contributed by atoms with Crippen LogP contribution in [0.4, 0.5) is 32.1 Å². The van der Waals surface area contributed by atoms with E-state index >= 15 is 0 Å². The minimum Gasteiger partial charge on any atom is -0.389 e. The third-order valence-electron chi connectivity index (χ3n) is 27.3. The van der Waals surface area contributed by atoms with Crippen molar-refractivity contribution in [2.45, 2.75) is 324 Å². The second kappa shape index (κ2) is 46.2. The molecule has 8 aliphatic rings. The van der Waals surface area contributed by atoms with Gasteiger partial charge in [0.05, 0.1) is 68.2 Å². The highest BCUT2D eigenvalue weighted by Crippen LogP contribution is 2.44. The molecule has 8 fully saturated rings. The van der Waals surface area contributed by atoms with Crippen LogP contribution in [-0.4, -0.2) is 269 Å². The Morgan fingerprint density at radius 3 is 1.03 bits per heavy atom. The molecule has 5 saturated heterocycles. The molecule has 33 nitrogen and oxygen atoms in total. The van der Waals surface area contributed by atoms with Crippen molar-refractivity contribution >= 4 is 116 Å². The van der Waals surface area contributed by atoms with Gasteiger partial charge in [0.2, 0.25) is 0 Å². The summed E-state index contributed by atoms with van der Waals surface area (Å²) in [6.07, 6.45) is 23.3. The Labute approximate surface area is 841 Å². The molecule has 766 valence electrons. The average molecular weight is 2020 g/mol. The number of amides is 8. The van der Waals surface area contributed by atoms with E-state index < -0.39 is 83.4 Å². The summed E-state index contributed by atoms with van der Waals surface area (Å²) in [5.41, 5.74) is 4.34. The largest absolute Gasteiger partial charge is 0.389 e. The van der Waals surface area contributed by atoms with E-state index in [4.69, 9.17) is 4.74 Å². The van der Waals surface area contributed by atoms with Gasteiger partial charge in [0.25, 0.3) is 53.2 Å². The molecule has 0 bridgehead atoms. The quantitative estimate of drug-likeness (QED) is 0.0182. The highest BCUT2D eigenvalue weighted by Gasteiger charge is 2.47. The van der Waals surface area contributed by atoms with Crippen LogP contribution in [0.5, 0.6) is 0 Å². The molecule has 5 aliphatic heterocycles. The van der Waals surface area contributed by atoms with Crippen molar-refractivity contribution in [2.24, 2.45) is 17.8 Å². The third-order valence-corrected chi connectivity index (χ3v) is 31.7. The molecule has 8 aromatic heterocycles. The number of likely N-dealkylation sites (tertiary alicyclic amines) is 4. The number of halogens is 2. The third kappa shape index (κ3) is 27.8. The standard InChI is InChI=1S/C26H35F2N5O3S.2C26H37N5O3S.C24H33N5O4S/c1-14-9-19(31-16(3)17-7-6-8-17)29-11-18(14)21-20(24(35)33-13-26(27,28)10-15(33)2)32-23(37-21)22(34)30-12-25(4,5)36;2*1-6-19(17-9-10-17)29-20-12-15(2)18(13-27-20)22-21(25(33)31-11-7-8-16(31)3)30-24(35-22)23(32)28-14-26(4,5)34;1-5-14(3)26-19-9-13(2)16(10-25-19)21-20(24(32)29-8-6-7-15(29)4)28-23(34-21)22(31)27-17-11-33-12-18(17)30/h9,11,15-17,36H,6-8,10,12-13H2,1-5H3,(H,29,31)(H,30,34);2*12-13,16-17,19,34H,6-11,14H2,1-5H3,(H,27,29)(H,28,32);9-10,14-15,17-18,30H,5-8,11-12H2,1-4H3,(H,25,26)(H,27,31)/t15-,16?;16-,19+;16-,19-;14-,15+,17-,18+/m0001/s1. The van der Waals surface area contributed by atoms with Gasteiger partial charge in [0.15, 0.2) is 20.0 Å². The number of hydrogen-bond acceptors (Lipinski definition) is 29. The van der Waals surface area contributed by atoms with Crippen LogP contribution in [0.25, 0.3) is 41.8 Å². The number of ether oxygens (including phenoxy) is 1. The summed E-state index contributed by atoms with van der Waals surface area (Å²) in [4.78, 5) is 151. The lowest BCUT2D eigenvalue weighted by atomic mass is 9.80. The smallest absolute Gasteiger partial charge is 0.280 e. The lowest BCUT2D eigenvalue weighted by Gasteiger charge is -2.32. The lowest BCUT2D eigenvalue weighted by molar-refractivity contribution is 0.0117. The zero-order chi connectivity index (χ0) is 102. The Hall–Kier alpha value is -10.3. The summed E-state index contributed by atoms with van der Waals surface area (Å²) < 4.78 is 33.4. The first kappa shape index (κ1) is 108. The molecule has 0 aromatic carbocycles. The lowest BCUT2D eigenvalue weighted by Crippen LogP contribution is -2.42. The van der Waals surface area contributed by atoms with Crippen molar-refractivity contribution in [1.29, 1.82) is 0 Å². The van der Waals surface area contributed by atoms with Crippen molar-refractivity contribution in [3.63, 3.8) is 0 Å². The van der Waals surface area contributed by atoms with Gasteiger partial charge in [-0.2, -0.15) is 0 Å². The molecule has 12 N–H and O–H groups in total. The molecule has 0 radical (unpaired) electrons. The predicted molar refractivity (Wildman–Crippen MR) is 548 cm³/mol. The number of aliphatic hydroxyl groups excluding tert-OH is 1. The van der Waals surface area contributed by atoms with E-state index in [-0.39, 0.29) is 106 Å². The molecular formula is C102H142F2N20O13S4. The minimum atomic E-state index is -2.97. The predicted octanol–water partition coefficient (Wildman–Crippen LogP) is 15.8. The van der Waals surface area contributed by atoms with Crippen molar-refractivity contribution < 1.29 is 72.3 Å². The van der Waals surface area contributed by atoms with E-state index in [2.05, 4.69) is 117 Å². The van der Waals surface area contributed by atoms with Crippen LogP contribution in [-0.2, 0) is 4.74 Å². The number of anilines is 4. The Morgan fingerprint density at radius 2 is 0.766 bits per heavy atom. The van der Waals surface area contributed by atoms with Crippen molar-refractivity contribution in [2.75, 3.05) is 80.3 Å². The van der Waals surface area contributed by atoms with Gasteiger partial charge in [-0.15, -0.1) is 45.3 Å². The Morgan fingerprint density at radius 1 is 0.440 bits per heavy atom. The second-order valence-corrected chi connectivity index (χ2v) is 45.4. The first-order valence-corrected chi connectivity index (χ1v) is 53.1. The Balaban J connectivity index is 0.000000158. The maximum absolute atomic E-state index is 14.1. The number of aryl methyl sites for hydroxylation is 4. The Kier molecular flexibility index (Phi) is 35.4. The van der Waals surface area contributed by atoms with Gasteiger partial charge >= 0.3 is 0 Å². The zero-order valence-electron chi connectivity index (χ0n) is 84.7. The van der Waals surface area contributed by atoms with Crippen LogP contribution in [0.1, 0.15) is 316 Å². The fourth-order valence-electron chi connectivity index (χ4n) is 18.2. The summed E-state index contributed by atoms with van der Waals surface area (Å²) in [5, 5.41) is 65.3. The van der Waals surface area contributed by atoms with Crippen LogP contribution >= 0.6 is 45.3 Å². The van der Waals surface area contributed by atoms with E-state index in [0.717, 1.165) is 142 Å². The molecule has 39 heteroatoms. The van der Waals surface area contributed by atoms with Crippen LogP contribution in [0.2, 0.25) is 0 Å². The number of thiazole rings is 4. The highest BCUT2D eigenvalue weighted by molar-refractivity contribution is 7.18. The second-order valence-electron chi connectivity index (χ2n) is 41.4. The summed E-state index contributed by atoms with van der Waals surface area (Å²) in [6.45, 7) is 37.9. The summed E-state index contributed by atoms with van der Waals surface area (Å²) in [5.74, 6) is -0.622. The van der Waals surface area contributed by atoms with Crippen LogP contribution < -0.4 is 42.5 Å². The minimum absolute atomic E-state index is 0.0143. The Bertz CT molecular complexity index is 5630. The van der Waals surface area contributed by atoms with Gasteiger partial charge in [-0.25, -0.2) is 48.7 Å². The van der Waals surface area contributed by atoms with Crippen molar-refractivity contribution in [3.8, 4) is 41.8 Å². The van der Waals surface area contributed by atoms with Gasteiger partial charge < -0.3 is 87.3 Å². The molecule has 0 spiro atoms. The van der Waals surface area contributed by atoms with Gasteiger partial charge in [-0.05, 0) is 271 Å². The number of pyridine rings is 4. The SMILES string of the molecule is CC[C@@H](C)Nc1cc(C)c(-c2sc(C(=O)N[C@@H]3COC[C@@H]3O)nc2C(=O)N2CCC[C@@H]2C)cn1.CC[C@@H](Nc1cc(C)c(-c2sc(C(=O)NCC(C)(C)O)nc2C(=O)N2CCC[C@@H]2C)cn1)C1CC1.CC[C@H](Nc1cc(C)c(-c2sc(C(=O)NCC(C)(C)O)nc2C(=O)N2CCC[C@@H]2C)cn1)C1CC1.Cc1cc(NC(C)C2CCC2)ncc1-c1sc(C(=O)NCC(C)(C)O)nc1C(=O)N1CC(F)(F)C[C@@H]1C. The number of aromatic nitrogens is 8. The summed E-state index contributed by atoms with van der Waals surface area (Å²) in [6, 6.07) is 8.57. The maximum atomic E-state index is 14.1. The zero-order valence-corrected chi connectivity index (χ0v) is 88.0. The molecular weight excluding hydrogens is 1880 g/mol. The molecule has 13 heterocycles. The van der Waals surface area contributed by atoms with Crippen LogP contribution in [0.3, 0.4) is 0 Å². The number of nitrogens with zero attached hydrogens (tertiary/aromatic N) is 12. The highest BCUT2D eigenvalue weighted by atomic mass is 32.1. The van der Waals surface area contributed by atoms with Gasteiger partial charge in [0.1, 0.15) is 46.0 Å². The molecule has 141 heavy (non-hydrogen) atoms. The fourth-order valence-corrected chi connectivity index (χ4v) is 22.3. The topological polar surface area (TPSA) is 439 Å².